The molecule has 0 unspecified atom stereocenters. The summed E-state index contributed by atoms with van der Waals surface area (Å²) in [7, 11) is 0. The molecule has 2 amide bonds. The van der Waals surface area contributed by atoms with Gasteiger partial charge in [-0.05, 0) is 60.7 Å². The molecule has 0 radical (unpaired) electrons. The molecule has 0 atom stereocenters. The van der Waals surface area contributed by atoms with Crippen molar-refractivity contribution in [3.8, 4) is 5.75 Å². The summed E-state index contributed by atoms with van der Waals surface area (Å²) in [5.41, 5.74) is 1.76. The largest absolute Gasteiger partial charge is 0.484 e. The minimum Gasteiger partial charge on any atom is -0.484 e. The number of benzene rings is 2. The van der Waals surface area contributed by atoms with E-state index in [0.717, 1.165) is 23.2 Å². The van der Waals surface area contributed by atoms with Crippen LogP contribution in [0.15, 0.2) is 75.8 Å². The van der Waals surface area contributed by atoms with Gasteiger partial charge in [0.15, 0.2) is 12.4 Å². The maximum atomic E-state index is 12.4. The molecule has 31 heavy (non-hydrogen) atoms. The smallest absolute Gasteiger partial charge is 0.289 e. The molecule has 2 heterocycles. The average molecular weight is 484 g/mol. The van der Waals surface area contributed by atoms with Gasteiger partial charge < -0.3 is 24.3 Å². The topological polar surface area (TPSA) is 75.0 Å². The highest BCUT2D eigenvalue weighted by Crippen LogP contribution is 2.21. The summed E-state index contributed by atoms with van der Waals surface area (Å²) in [5.74, 6) is 0.713. The first-order valence-corrected chi connectivity index (χ1v) is 10.7. The lowest BCUT2D eigenvalue weighted by molar-refractivity contribution is -0.118. The number of hydrogen-bond acceptors (Lipinski definition) is 5. The lowest BCUT2D eigenvalue weighted by atomic mass is 10.2. The second-order valence-corrected chi connectivity index (χ2v) is 8.01. The zero-order chi connectivity index (χ0) is 21.6. The predicted octanol–water partition coefficient (Wildman–Crippen LogP) is 4.02. The Labute approximate surface area is 188 Å². The van der Waals surface area contributed by atoms with E-state index >= 15 is 0 Å². The number of ether oxygens (including phenoxy) is 1. The van der Waals surface area contributed by atoms with Crippen LogP contribution < -0.4 is 15.0 Å². The van der Waals surface area contributed by atoms with Gasteiger partial charge in [0.1, 0.15) is 5.75 Å². The second kappa shape index (κ2) is 9.70. The van der Waals surface area contributed by atoms with E-state index in [1.165, 1.54) is 6.26 Å². The maximum absolute atomic E-state index is 12.4. The molecule has 0 saturated carbocycles. The normalized spacial score (nSPS) is 13.7. The van der Waals surface area contributed by atoms with Crippen molar-refractivity contribution in [2.24, 2.45) is 0 Å². The summed E-state index contributed by atoms with van der Waals surface area (Å²) < 4.78 is 11.6. The monoisotopic (exact) mass is 483 g/mol. The fourth-order valence-electron chi connectivity index (χ4n) is 3.36. The van der Waals surface area contributed by atoms with Gasteiger partial charge in [0.05, 0.1) is 6.26 Å². The van der Waals surface area contributed by atoms with Gasteiger partial charge >= 0.3 is 0 Å². The van der Waals surface area contributed by atoms with Crippen LogP contribution in [-0.2, 0) is 4.79 Å². The van der Waals surface area contributed by atoms with Gasteiger partial charge in [0.2, 0.25) is 0 Å². The molecule has 1 N–H and O–H groups in total. The van der Waals surface area contributed by atoms with Crippen LogP contribution in [0, 0.1) is 0 Å². The highest BCUT2D eigenvalue weighted by molar-refractivity contribution is 9.10. The summed E-state index contributed by atoms with van der Waals surface area (Å²) in [4.78, 5) is 28.5. The van der Waals surface area contributed by atoms with Crippen molar-refractivity contribution >= 4 is 39.1 Å². The van der Waals surface area contributed by atoms with Gasteiger partial charge in [0, 0.05) is 42.0 Å². The molecule has 1 aromatic heterocycles. The van der Waals surface area contributed by atoms with E-state index in [2.05, 4.69) is 26.1 Å². The highest BCUT2D eigenvalue weighted by atomic mass is 79.9. The van der Waals surface area contributed by atoms with Crippen LogP contribution in [-0.4, -0.2) is 49.5 Å². The summed E-state index contributed by atoms with van der Waals surface area (Å²) in [6.45, 7) is 2.67. The number of amides is 2. The molecule has 160 valence electrons. The highest BCUT2D eigenvalue weighted by Gasteiger charge is 2.23. The molecule has 7 nitrogen and oxygen atoms in total. The number of anilines is 2. The molecule has 1 saturated heterocycles. The Morgan fingerprint density at radius 1 is 0.968 bits per heavy atom. The molecular formula is C23H22BrN3O4. The number of nitrogens with one attached hydrogen (secondary N) is 1. The van der Waals surface area contributed by atoms with E-state index in [4.69, 9.17) is 9.15 Å². The molecule has 8 heteroatoms. The number of furan rings is 1. The number of piperazine rings is 1. The van der Waals surface area contributed by atoms with Crippen molar-refractivity contribution in [2.45, 2.75) is 0 Å². The van der Waals surface area contributed by atoms with Crippen LogP contribution >= 0.6 is 15.9 Å². The molecule has 2 aromatic carbocycles. The summed E-state index contributed by atoms with van der Waals surface area (Å²) in [6, 6.07) is 18.4. The van der Waals surface area contributed by atoms with E-state index in [9.17, 15) is 9.59 Å². The fraction of sp³-hybridized carbons (Fsp3) is 0.217. The van der Waals surface area contributed by atoms with Crippen LogP contribution in [0.3, 0.4) is 0 Å². The second-order valence-electron chi connectivity index (χ2n) is 7.09. The van der Waals surface area contributed by atoms with Crippen molar-refractivity contribution < 1.29 is 18.7 Å². The molecule has 1 aliphatic heterocycles. The average Bonchev–Trinajstić information content (AvgIpc) is 3.34. The minimum atomic E-state index is -0.222. The van der Waals surface area contributed by atoms with E-state index < -0.39 is 0 Å². The number of carbonyl (C=O) groups excluding carboxylic acids is 2. The first kappa shape index (κ1) is 21.0. The predicted molar refractivity (Wildman–Crippen MR) is 122 cm³/mol. The Balaban J connectivity index is 1.25. The van der Waals surface area contributed by atoms with Crippen LogP contribution in [0.2, 0.25) is 0 Å². The van der Waals surface area contributed by atoms with Gasteiger partial charge in [-0.25, -0.2) is 0 Å². The van der Waals surface area contributed by atoms with Crippen molar-refractivity contribution in [3.05, 3.63) is 77.2 Å². The van der Waals surface area contributed by atoms with E-state index in [1.54, 1.807) is 29.2 Å². The zero-order valence-corrected chi connectivity index (χ0v) is 18.4. The molecule has 4 rings (SSSR count). The van der Waals surface area contributed by atoms with Gasteiger partial charge in [-0.15, -0.1) is 0 Å². The van der Waals surface area contributed by atoms with Crippen LogP contribution in [0.1, 0.15) is 10.6 Å². The van der Waals surface area contributed by atoms with Crippen LogP contribution in [0.4, 0.5) is 11.4 Å². The molecule has 0 bridgehead atoms. The van der Waals surface area contributed by atoms with Crippen LogP contribution in [0.5, 0.6) is 5.75 Å². The molecule has 3 aromatic rings. The molecule has 1 aliphatic rings. The number of halogens is 1. The fourth-order valence-corrected chi connectivity index (χ4v) is 3.62. The number of hydrogen-bond donors (Lipinski definition) is 1. The van der Waals surface area contributed by atoms with Crippen molar-refractivity contribution in [3.63, 3.8) is 0 Å². The first-order chi connectivity index (χ1) is 15.1. The Bertz CT molecular complexity index is 1010. The van der Waals surface area contributed by atoms with Crippen LogP contribution in [0.25, 0.3) is 0 Å². The van der Waals surface area contributed by atoms with Crippen molar-refractivity contribution in [1.29, 1.82) is 0 Å². The zero-order valence-electron chi connectivity index (χ0n) is 16.8. The third-order valence-corrected chi connectivity index (χ3v) is 5.53. The van der Waals surface area contributed by atoms with Crippen molar-refractivity contribution in [1.82, 2.24) is 4.90 Å². The third kappa shape index (κ3) is 5.46. The van der Waals surface area contributed by atoms with Gasteiger partial charge in [-0.1, -0.05) is 15.9 Å². The standard InChI is InChI=1S/C23H22BrN3O4/c24-17-3-9-20(10-4-17)31-16-22(28)25-18-5-7-19(8-6-18)26-11-13-27(14-12-26)23(29)21-2-1-15-30-21/h1-10,15H,11-14,16H2,(H,25,28). The Hall–Kier alpha value is -3.26. The minimum absolute atomic E-state index is 0.0605. The first-order valence-electron chi connectivity index (χ1n) is 9.94. The van der Waals surface area contributed by atoms with Gasteiger partial charge in [-0.2, -0.15) is 0 Å². The summed E-state index contributed by atoms with van der Waals surface area (Å²) >= 11 is 3.36. The summed E-state index contributed by atoms with van der Waals surface area (Å²) in [5, 5.41) is 2.84. The van der Waals surface area contributed by atoms with E-state index in [-0.39, 0.29) is 18.4 Å². The van der Waals surface area contributed by atoms with Crippen molar-refractivity contribution in [2.75, 3.05) is 43.0 Å². The third-order valence-electron chi connectivity index (χ3n) is 5.00. The lowest BCUT2D eigenvalue weighted by Crippen LogP contribution is -2.48. The number of rotatable bonds is 6. The Morgan fingerprint density at radius 2 is 1.68 bits per heavy atom. The Morgan fingerprint density at radius 3 is 2.32 bits per heavy atom. The number of carbonyl (C=O) groups is 2. The maximum Gasteiger partial charge on any atom is 0.289 e. The van der Waals surface area contributed by atoms with E-state index in [0.29, 0.717) is 30.3 Å². The molecular weight excluding hydrogens is 462 g/mol. The van der Waals surface area contributed by atoms with E-state index in [1.807, 2.05) is 36.4 Å². The molecule has 0 aliphatic carbocycles. The number of nitrogens with zero attached hydrogens (tertiary/aromatic N) is 2. The van der Waals surface area contributed by atoms with Gasteiger partial charge in [0.25, 0.3) is 11.8 Å². The molecule has 0 spiro atoms. The van der Waals surface area contributed by atoms with Gasteiger partial charge in [-0.3, -0.25) is 9.59 Å². The SMILES string of the molecule is O=C(COc1ccc(Br)cc1)Nc1ccc(N2CCN(C(=O)c3ccco3)CC2)cc1. The molecule has 1 fully saturated rings. The Kier molecular flexibility index (Phi) is 6.57. The summed E-state index contributed by atoms with van der Waals surface area (Å²) in [6.07, 6.45) is 1.51. The quantitative estimate of drug-likeness (QED) is 0.572. The lowest BCUT2D eigenvalue weighted by Gasteiger charge is -2.35.